The maximum absolute atomic E-state index is 13.4. The van der Waals surface area contributed by atoms with Crippen LogP contribution in [0.15, 0.2) is 23.6 Å². The van der Waals surface area contributed by atoms with Crippen LogP contribution >= 0.6 is 11.3 Å². The van der Waals surface area contributed by atoms with Crippen molar-refractivity contribution in [1.82, 2.24) is 19.9 Å². The van der Waals surface area contributed by atoms with Crippen molar-refractivity contribution >= 4 is 28.3 Å². The zero-order valence-electron chi connectivity index (χ0n) is 16.7. The number of carbonyl (C=O) groups is 1. The topological polar surface area (TPSA) is 59.8 Å². The largest absolute Gasteiger partial charge is 0.449 e. The summed E-state index contributed by atoms with van der Waals surface area (Å²) in [4.78, 5) is 20.6. The molecule has 0 fully saturated rings. The van der Waals surface area contributed by atoms with E-state index in [1.807, 2.05) is 5.38 Å². The predicted octanol–water partition coefficient (Wildman–Crippen LogP) is 4.48. The third-order valence-electron chi connectivity index (χ3n) is 4.44. The second-order valence-electron chi connectivity index (χ2n) is 7.99. The normalized spacial score (nSPS) is 12.5. The van der Waals surface area contributed by atoms with E-state index in [1.165, 1.54) is 17.4 Å². The molecule has 9 heteroatoms. The van der Waals surface area contributed by atoms with Crippen molar-refractivity contribution in [2.45, 2.75) is 52.3 Å². The summed E-state index contributed by atoms with van der Waals surface area (Å²) in [5, 5.41) is 5.56. The lowest BCUT2D eigenvalue weighted by atomic mass is 9.93. The van der Waals surface area contributed by atoms with Crippen molar-refractivity contribution in [3.8, 4) is 0 Å². The SMILES string of the molecule is Cc1ccc2nc(C(F)(F)F)n(CC(=O)NCCc3nc(C(C)(C)C)cs3)c2c1. The van der Waals surface area contributed by atoms with Crippen LogP contribution in [0.2, 0.25) is 0 Å². The van der Waals surface area contributed by atoms with Gasteiger partial charge in [-0.05, 0) is 24.6 Å². The number of hydrogen-bond donors (Lipinski definition) is 1. The van der Waals surface area contributed by atoms with Crippen LogP contribution in [0.3, 0.4) is 0 Å². The molecule has 1 aromatic carbocycles. The number of amides is 1. The Morgan fingerprint density at radius 2 is 1.93 bits per heavy atom. The summed E-state index contributed by atoms with van der Waals surface area (Å²) in [6.45, 7) is 7.86. The lowest BCUT2D eigenvalue weighted by Gasteiger charge is -2.14. The monoisotopic (exact) mass is 424 g/mol. The molecule has 1 N–H and O–H groups in total. The van der Waals surface area contributed by atoms with Crippen molar-refractivity contribution in [2.75, 3.05) is 6.54 Å². The van der Waals surface area contributed by atoms with Gasteiger partial charge >= 0.3 is 6.18 Å². The second-order valence-corrected chi connectivity index (χ2v) is 8.93. The fraction of sp³-hybridized carbons (Fsp3) is 0.450. The molecule has 3 rings (SSSR count). The first kappa shape index (κ1) is 21.3. The van der Waals surface area contributed by atoms with E-state index in [-0.39, 0.29) is 10.9 Å². The number of aromatic nitrogens is 3. The van der Waals surface area contributed by atoms with Gasteiger partial charge in [-0.15, -0.1) is 11.3 Å². The number of carbonyl (C=O) groups excluding carboxylic acids is 1. The van der Waals surface area contributed by atoms with E-state index >= 15 is 0 Å². The lowest BCUT2D eigenvalue weighted by molar-refractivity contribution is -0.147. The Hall–Kier alpha value is -2.42. The molecule has 0 aliphatic rings. The van der Waals surface area contributed by atoms with E-state index in [0.717, 1.165) is 20.8 Å². The Labute approximate surface area is 171 Å². The number of nitrogens with zero attached hydrogens (tertiary/aromatic N) is 3. The molecular weight excluding hydrogens is 401 g/mol. The van der Waals surface area contributed by atoms with E-state index in [1.54, 1.807) is 19.1 Å². The molecule has 3 aromatic rings. The van der Waals surface area contributed by atoms with Crippen LogP contribution in [0.25, 0.3) is 11.0 Å². The van der Waals surface area contributed by atoms with Crippen LogP contribution < -0.4 is 5.32 Å². The zero-order valence-corrected chi connectivity index (χ0v) is 17.5. The van der Waals surface area contributed by atoms with E-state index in [2.05, 4.69) is 36.1 Å². The minimum absolute atomic E-state index is 0.0490. The van der Waals surface area contributed by atoms with Gasteiger partial charge in [-0.1, -0.05) is 26.8 Å². The molecule has 0 aliphatic carbocycles. The van der Waals surface area contributed by atoms with E-state index < -0.39 is 24.5 Å². The molecular formula is C20H23F3N4OS. The standard InChI is InChI=1S/C20H23F3N4OS/c1-12-5-6-13-14(9-12)27(18(25-13)20(21,22)23)10-16(28)24-8-7-17-26-15(11-29-17)19(2,3)4/h5-6,9,11H,7-8,10H2,1-4H3,(H,24,28). The summed E-state index contributed by atoms with van der Waals surface area (Å²) >= 11 is 1.52. The van der Waals surface area contributed by atoms with E-state index in [4.69, 9.17) is 0 Å². The first-order chi connectivity index (χ1) is 13.4. The van der Waals surface area contributed by atoms with Gasteiger partial charge < -0.3 is 9.88 Å². The number of thiazole rings is 1. The number of alkyl halides is 3. The van der Waals surface area contributed by atoms with Gasteiger partial charge in [0.2, 0.25) is 11.7 Å². The fourth-order valence-corrected chi connectivity index (χ4v) is 3.91. The Balaban J connectivity index is 1.70. The quantitative estimate of drug-likeness (QED) is 0.657. The average molecular weight is 424 g/mol. The summed E-state index contributed by atoms with van der Waals surface area (Å²) in [6.07, 6.45) is -4.11. The highest BCUT2D eigenvalue weighted by molar-refractivity contribution is 7.09. The number of imidazole rings is 1. The highest BCUT2D eigenvalue weighted by Crippen LogP contribution is 2.31. The molecule has 0 bridgehead atoms. The second kappa shape index (κ2) is 7.78. The van der Waals surface area contributed by atoms with Crippen LogP contribution in [0.1, 0.15) is 42.9 Å². The number of halogens is 3. The summed E-state index contributed by atoms with van der Waals surface area (Å²) in [5.74, 6) is -1.56. The molecule has 2 heterocycles. The lowest BCUT2D eigenvalue weighted by Crippen LogP contribution is -2.31. The molecule has 0 atom stereocenters. The van der Waals surface area contributed by atoms with Gasteiger partial charge in [-0.25, -0.2) is 9.97 Å². The first-order valence-corrected chi connectivity index (χ1v) is 10.1. The van der Waals surface area contributed by atoms with Crippen molar-refractivity contribution in [2.24, 2.45) is 0 Å². The molecule has 5 nitrogen and oxygen atoms in total. The van der Waals surface area contributed by atoms with Gasteiger partial charge in [-0.3, -0.25) is 4.79 Å². The summed E-state index contributed by atoms with van der Waals surface area (Å²) in [5.41, 5.74) is 2.24. The number of rotatable bonds is 5. The van der Waals surface area contributed by atoms with Crippen LogP contribution in [0.4, 0.5) is 13.2 Å². The van der Waals surface area contributed by atoms with Gasteiger partial charge in [-0.2, -0.15) is 13.2 Å². The average Bonchev–Trinajstić information content (AvgIpc) is 3.20. The molecule has 156 valence electrons. The first-order valence-electron chi connectivity index (χ1n) is 9.21. The Bertz CT molecular complexity index is 1030. The minimum Gasteiger partial charge on any atom is -0.354 e. The minimum atomic E-state index is -4.64. The van der Waals surface area contributed by atoms with Gasteiger partial charge in [0.05, 0.1) is 21.7 Å². The van der Waals surface area contributed by atoms with Crippen LogP contribution in [0.5, 0.6) is 0 Å². The van der Waals surface area contributed by atoms with Crippen LogP contribution in [0, 0.1) is 6.92 Å². The van der Waals surface area contributed by atoms with Crippen LogP contribution in [-0.2, 0) is 29.4 Å². The van der Waals surface area contributed by atoms with Crippen molar-refractivity contribution in [3.05, 3.63) is 45.7 Å². The van der Waals surface area contributed by atoms with Crippen molar-refractivity contribution in [1.29, 1.82) is 0 Å². The number of nitrogens with one attached hydrogen (secondary N) is 1. The van der Waals surface area contributed by atoms with Crippen molar-refractivity contribution < 1.29 is 18.0 Å². The van der Waals surface area contributed by atoms with Crippen LogP contribution in [-0.4, -0.2) is 27.0 Å². The van der Waals surface area contributed by atoms with E-state index in [9.17, 15) is 18.0 Å². The number of hydrogen-bond acceptors (Lipinski definition) is 4. The predicted molar refractivity (Wildman–Crippen MR) is 107 cm³/mol. The van der Waals surface area contributed by atoms with Gasteiger partial charge in [0, 0.05) is 23.8 Å². The van der Waals surface area contributed by atoms with Gasteiger partial charge in [0.1, 0.15) is 6.54 Å². The summed E-state index contributed by atoms with van der Waals surface area (Å²) in [7, 11) is 0. The smallest absolute Gasteiger partial charge is 0.354 e. The number of fused-ring (bicyclic) bond motifs is 1. The van der Waals surface area contributed by atoms with Gasteiger partial charge in [0.25, 0.3) is 0 Å². The molecule has 0 saturated carbocycles. The highest BCUT2D eigenvalue weighted by atomic mass is 32.1. The Morgan fingerprint density at radius 3 is 2.55 bits per heavy atom. The molecule has 0 saturated heterocycles. The van der Waals surface area contributed by atoms with Gasteiger partial charge in [0.15, 0.2) is 0 Å². The molecule has 29 heavy (non-hydrogen) atoms. The van der Waals surface area contributed by atoms with Crippen molar-refractivity contribution in [3.63, 3.8) is 0 Å². The molecule has 0 aliphatic heterocycles. The summed E-state index contributed by atoms with van der Waals surface area (Å²) in [6, 6.07) is 4.83. The Kier molecular flexibility index (Phi) is 5.71. The fourth-order valence-electron chi connectivity index (χ4n) is 2.89. The zero-order chi connectivity index (χ0) is 21.4. The maximum atomic E-state index is 13.4. The molecule has 1 amide bonds. The van der Waals surface area contributed by atoms with E-state index in [0.29, 0.717) is 18.5 Å². The number of aryl methyl sites for hydroxylation is 1. The maximum Gasteiger partial charge on any atom is 0.449 e. The summed E-state index contributed by atoms with van der Waals surface area (Å²) < 4.78 is 41.1. The molecule has 0 radical (unpaired) electrons. The highest BCUT2D eigenvalue weighted by Gasteiger charge is 2.38. The number of benzene rings is 1. The Morgan fingerprint density at radius 1 is 1.21 bits per heavy atom. The molecule has 2 aromatic heterocycles. The third-order valence-corrected chi connectivity index (χ3v) is 5.35. The molecule has 0 unspecified atom stereocenters. The molecule has 0 spiro atoms. The third kappa shape index (κ3) is 4.95.